The molecule has 120 valence electrons. The van der Waals surface area contributed by atoms with E-state index in [2.05, 4.69) is 26.6 Å². The van der Waals surface area contributed by atoms with Crippen molar-refractivity contribution in [3.05, 3.63) is 44.7 Å². The second-order valence-corrected chi connectivity index (χ2v) is 8.09. The average molecular weight is 412 g/mol. The van der Waals surface area contributed by atoms with Gasteiger partial charge in [-0.1, -0.05) is 22.0 Å². The number of hydrogen-bond donors (Lipinski definition) is 3. The molecule has 0 aliphatic carbocycles. The van der Waals surface area contributed by atoms with Crippen LogP contribution in [0.3, 0.4) is 0 Å². The topological polar surface area (TPSA) is 84.2 Å². The molecule has 5 nitrogen and oxygen atoms in total. The van der Waals surface area contributed by atoms with Crippen LogP contribution in [0.15, 0.2) is 28.7 Å². The first kappa shape index (κ1) is 16.4. The molecule has 0 spiro atoms. The normalized spacial score (nSPS) is 13.3. The van der Waals surface area contributed by atoms with Gasteiger partial charge in [0.25, 0.3) is 5.91 Å². The number of nitrogens with two attached hydrogens (primary N) is 1. The zero-order valence-corrected chi connectivity index (χ0v) is 15.2. The molecule has 0 radical (unpaired) electrons. The third kappa shape index (κ3) is 3.70. The van der Waals surface area contributed by atoms with Crippen molar-refractivity contribution >= 4 is 61.7 Å². The average Bonchev–Trinajstić information content (AvgIpc) is 2.84. The SMILES string of the molecule is NC(=O)c1c(NC(=O)Nc2cccc(Br)c2)sc2c1CCSC2. The smallest absolute Gasteiger partial charge is 0.324 e. The van der Waals surface area contributed by atoms with Gasteiger partial charge in [-0.3, -0.25) is 10.1 Å². The molecule has 1 aromatic heterocycles. The van der Waals surface area contributed by atoms with Gasteiger partial charge in [0.2, 0.25) is 0 Å². The molecule has 0 bridgehead atoms. The summed E-state index contributed by atoms with van der Waals surface area (Å²) in [6, 6.07) is 6.89. The summed E-state index contributed by atoms with van der Waals surface area (Å²) in [4.78, 5) is 25.1. The Bertz CT molecular complexity index is 776. The molecule has 4 N–H and O–H groups in total. The molecule has 2 heterocycles. The summed E-state index contributed by atoms with van der Waals surface area (Å²) in [6.07, 6.45) is 0.809. The summed E-state index contributed by atoms with van der Waals surface area (Å²) in [6.45, 7) is 0. The van der Waals surface area contributed by atoms with Crippen molar-refractivity contribution < 1.29 is 9.59 Å². The highest BCUT2D eigenvalue weighted by molar-refractivity contribution is 9.10. The van der Waals surface area contributed by atoms with Gasteiger partial charge in [-0.2, -0.15) is 11.8 Å². The molecular formula is C15H14BrN3O2S2. The number of rotatable bonds is 3. The van der Waals surface area contributed by atoms with E-state index in [4.69, 9.17) is 5.73 Å². The number of nitrogens with one attached hydrogen (secondary N) is 2. The molecule has 8 heteroatoms. The van der Waals surface area contributed by atoms with Crippen molar-refractivity contribution in [1.29, 1.82) is 0 Å². The van der Waals surface area contributed by atoms with E-state index in [1.165, 1.54) is 11.3 Å². The predicted octanol–water partition coefficient (Wildman–Crippen LogP) is 4.04. The number of anilines is 2. The molecule has 3 amide bonds. The molecule has 0 unspecified atom stereocenters. The van der Waals surface area contributed by atoms with Crippen molar-refractivity contribution in [2.75, 3.05) is 16.4 Å². The quantitative estimate of drug-likeness (QED) is 0.712. The van der Waals surface area contributed by atoms with Crippen molar-refractivity contribution in [3.63, 3.8) is 0 Å². The second-order valence-electron chi connectivity index (χ2n) is 4.96. The number of benzene rings is 1. The number of primary amides is 1. The van der Waals surface area contributed by atoms with Crippen LogP contribution in [0.25, 0.3) is 0 Å². The van der Waals surface area contributed by atoms with Crippen LogP contribution < -0.4 is 16.4 Å². The molecule has 3 rings (SSSR count). The Balaban J connectivity index is 1.81. The van der Waals surface area contributed by atoms with Crippen LogP contribution in [0, 0.1) is 0 Å². The first-order valence-corrected chi connectivity index (χ1v) is 9.66. The van der Waals surface area contributed by atoms with Crippen molar-refractivity contribution in [1.82, 2.24) is 0 Å². The van der Waals surface area contributed by atoms with Gasteiger partial charge in [-0.15, -0.1) is 11.3 Å². The lowest BCUT2D eigenvalue weighted by atomic mass is 10.1. The molecule has 0 atom stereocenters. The highest BCUT2D eigenvalue weighted by atomic mass is 79.9. The Morgan fingerprint density at radius 2 is 2.09 bits per heavy atom. The Labute approximate surface area is 150 Å². The maximum Gasteiger partial charge on any atom is 0.324 e. The number of carbonyl (C=O) groups excluding carboxylic acids is 2. The van der Waals surface area contributed by atoms with Crippen molar-refractivity contribution in [3.8, 4) is 0 Å². The van der Waals surface area contributed by atoms with Crippen molar-refractivity contribution in [2.24, 2.45) is 5.73 Å². The van der Waals surface area contributed by atoms with Crippen LogP contribution in [0.1, 0.15) is 20.8 Å². The van der Waals surface area contributed by atoms with Crippen LogP contribution in [0.2, 0.25) is 0 Å². The second kappa shape index (κ2) is 6.94. The van der Waals surface area contributed by atoms with Gasteiger partial charge in [-0.05, 0) is 35.9 Å². The minimum Gasteiger partial charge on any atom is -0.365 e. The molecule has 1 aliphatic heterocycles. The van der Waals surface area contributed by atoms with Gasteiger partial charge in [0, 0.05) is 20.8 Å². The maximum atomic E-state index is 12.2. The largest absolute Gasteiger partial charge is 0.365 e. The Kier molecular flexibility index (Phi) is 4.93. The van der Waals surface area contributed by atoms with E-state index in [1.54, 1.807) is 12.1 Å². The van der Waals surface area contributed by atoms with Crippen LogP contribution in [-0.2, 0) is 12.2 Å². The summed E-state index contributed by atoms with van der Waals surface area (Å²) in [5, 5.41) is 6.03. The van der Waals surface area contributed by atoms with E-state index in [0.717, 1.165) is 32.8 Å². The Morgan fingerprint density at radius 1 is 1.26 bits per heavy atom. The fourth-order valence-electron chi connectivity index (χ4n) is 2.41. The van der Waals surface area contributed by atoms with Gasteiger partial charge < -0.3 is 11.1 Å². The highest BCUT2D eigenvalue weighted by Gasteiger charge is 2.25. The summed E-state index contributed by atoms with van der Waals surface area (Å²) in [5.41, 5.74) is 7.61. The first-order chi connectivity index (χ1) is 11.0. The zero-order valence-electron chi connectivity index (χ0n) is 12.0. The summed E-state index contributed by atoms with van der Waals surface area (Å²) in [5.74, 6) is 1.33. The molecule has 0 fully saturated rings. The third-order valence-corrected chi connectivity index (χ3v) is 6.19. The predicted molar refractivity (Wildman–Crippen MR) is 99.5 cm³/mol. The standard InChI is InChI=1S/C15H14BrN3O2S2/c16-8-2-1-3-9(6-8)18-15(21)19-14-12(13(17)20)10-4-5-22-7-11(10)23-14/h1-3,6H,4-5,7H2,(H2,17,20)(H2,18,19,21). The Morgan fingerprint density at radius 3 is 2.83 bits per heavy atom. The lowest BCUT2D eigenvalue weighted by molar-refractivity contribution is 0.100. The molecule has 1 aromatic carbocycles. The van der Waals surface area contributed by atoms with E-state index < -0.39 is 11.9 Å². The highest BCUT2D eigenvalue weighted by Crippen LogP contribution is 2.39. The summed E-state index contributed by atoms with van der Waals surface area (Å²) < 4.78 is 0.872. The van der Waals surface area contributed by atoms with Crippen LogP contribution in [-0.4, -0.2) is 17.7 Å². The van der Waals surface area contributed by atoms with Crippen LogP contribution in [0.4, 0.5) is 15.5 Å². The van der Waals surface area contributed by atoms with Crippen LogP contribution in [0.5, 0.6) is 0 Å². The molecule has 23 heavy (non-hydrogen) atoms. The number of thiophene rings is 1. The van der Waals surface area contributed by atoms with Gasteiger partial charge >= 0.3 is 6.03 Å². The maximum absolute atomic E-state index is 12.2. The number of amides is 3. The fraction of sp³-hybridized carbons (Fsp3) is 0.200. The van der Waals surface area contributed by atoms with E-state index >= 15 is 0 Å². The molecule has 0 saturated carbocycles. The van der Waals surface area contributed by atoms with E-state index in [9.17, 15) is 9.59 Å². The third-order valence-electron chi connectivity index (χ3n) is 3.38. The van der Waals surface area contributed by atoms with Gasteiger partial charge in [0.15, 0.2) is 0 Å². The van der Waals surface area contributed by atoms with E-state index in [0.29, 0.717) is 16.3 Å². The Hall–Kier alpha value is -1.51. The minimum absolute atomic E-state index is 0.392. The van der Waals surface area contributed by atoms with Crippen LogP contribution >= 0.6 is 39.0 Å². The zero-order chi connectivity index (χ0) is 16.4. The van der Waals surface area contributed by atoms with Gasteiger partial charge in [0.05, 0.1) is 5.56 Å². The summed E-state index contributed by atoms with van der Waals surface area (Å²) in [7, 11) is 0. The van der Waals surface area contributed by atoms with E-state index in [-0.39, 0.29) is 0 Å². The summed E-state index contributed by atoms with van der Waals surface area (Å²) >= 11 is 6.60. The molecule has 2 aromatic rings. The van der Waals surface area contributed by atoms with Gasteiger partial charge in [0.1, 0.15) is 5.00 Å². The molecule has 1 aliphatic rings. The first-order valence-electron chi connectivity index (χ1n) is 6.90. The number of urea groups is 1. The lowest BCUT2D eigenvalue weighted by Gasteiger charge is -2.11. The molecular weight excluding hydrogens is 398 g/mol. The number of halogens is 1. The fourth-order valence-corrected chi connectivity index (χ4v) is 5.19. The van der Waals surface area contributed by atoms with Crippen molar-refractivity contribution in [2.45, 2.75) is 12.2 Å². The van der Waals surface area contributed by atoms with Gasteiger partial charge in [-0.25, -0.2) is 4.79 Å². The molecule has 0 saturated heterocycles. The number of carbonyl (C=O) groups is 2. The minimum atomic E-state index is -0.493. The number of hydrogen-bond acceptors (Lipinski definition) is 4. The van der Waals surface area contributed by atoms with E-state index in [1.807, 2.05) is 23.9 Å². The monoisotopic (exact) mass is 411 g/mol. The number of thioether (sulfide) groups is 1. The lowest BCUT2D eigenvalue weighted by Crippen LogP contribution is -2.22. The number of fused-ring (bicyclic) bond motifs is 1.